The van der Waals surface area contributed by atoms with Crippen LogP contribution in [-0.2, 0) is 4.79 Å². The lowest BCUT2D eigenvalue weighted by Gasteiger charge is -2.37. The van der Waals surface area contributed by atoms with Crippen LogP contribution in [0.5, 0.6) is 0 Å². The number of hydrogen-bond acceptors (Lipinski definition) is 3. The molecule has 79 valence electrons. The van der Waals surface area contributed by atoms with E-state index >= 15 is 0 Å². The van der Waals surface area contributed by atoms with Crippen molar-refractivity contribution in [1.82, 2.24) is 15.3 Å². The minimum Gasteiger partial charge on any atom is -0.314 e. The maximum atomic E-state index is 10.9. The highest BCUT2D eigenvalue weighted by Crippen LogP contribution is 2.23. The third kappa shape index (κ3) is 2.07. The number of amides is 1. The Kier molecular flexibility index (Phi) is 3.37. The van der Waals surface area contributed by atoms with Crippen molar-refractivity contribution in [2.75, 3.05) is 26.2 Å². The summed E-state index contributed by atoms with van der Waals surface area (Å²) in [6.45, 7) is 3.83. The molecule has 1 aliphatic carbocycles. The first-order valence-electron chi connectivity index (χ1n) is 5.54. The first-order chi connectivity index (χ1) is 6.92. The van der Waals surface area contributed by atoms with Crippen molar-refractivity contribution in [2.45, 2.75) is 31.7 Å². The Balaban J connectivity index is 1.92. The van der Waals surface area contributed by atoms with Crippen LogP contribution < -0.4 is 5.32 Å². The molecule has 2 fully saturated rings. The monoisotopic (exact) mass is 196 g/mol. The van der Waals surface area contributed by atoms with Gasteiger partial charge < -0.3 is 5.32 Å². The van der Waals surface area contributed by atoms with Gasteiger partial charge in [0.25, 0.3) is 0 Å². The fourth-order valence-electron chi connectivity index (χ4n) is 2.38. The van der Waals surface area contributed by atoms with Gasteiger partial charge in [-0.2, -0.15) is 0 Å². The molecule has 2 rings (SSSR count). The number of nitrogens with one attached hydrogen (secondary N) is 1. The SMILES string of the molecule is O=[C]N(C1CCCC1)N1CCNCC1. The zero-order valence-electron chi connectivity index (χ0n) is 8.54. The van der Waals surface area contributed by atoms with Crippen LogP contribution in [0.15, 0.2) is 0 Å². The molecule has 4 nitrogen and oxygen atoms in total. The zero-order valence-corrected chi connectivity index (χ0v) is 8.54. The van der Waals surface area contributed by atoms with Crippen LogP contribution in [0.1, 0.15) is 25.7 Å². The maximum Gasteiger partial charge on any atom is 0.328 e. The molecule has 14 heavy (non-hydrogen) atoms. The Morgan fingerprint density at radius 3 is 2.43 bits per heavy atom. The van der Waals surface area contributed by atoms with E-state index in [0.29, 0.717) is 6.04 Å². The third-order valence-electron chi connectivity index (χ3n) is 3.16. The molecule has 0 unspecified atom stereocenters. The van der Waals surface area contributed by atoms with Gasteiger partial charge in [0.1, 0.15) is 0 Å². The topological polar surface area (TPSA) is 35.6 Å². The summed E-state index contributed by atoms with van der Waals surface area (Å²) in [5.41, 5.74) is 0. The minimum atomic E-state index is 0.422. The second-order valence-electron chi connectivity index (χ2n) is 4.08. The standard InChI is InChI=1S/C10H18N3O/c14-9-13(10-3-1-2-4-10)12-7-5-11-6-8-12/h10-11H,1-8H2. The molecule has 0 spiro atoms. The first kappa shape index (κ1) is 9.93. The van der Waals surface area contributed by atoms with Gasteiger partial charge in [-0.3, -0.25) is 9.80 Å². The van der Waals surface area contributed by atoms with E-state index in [1.165, 1.54) is 12.8 Å². The van der Waals surface area contributed by atoms with Crippen LogP contribution in [0.3, 0.4) is 0 Å². The summed E-state index contributed by atoms with van der Waals surface area (Å²) >= 11 is 0. The molecule has 1 amide bonds. The van der Waals surface area contributed by atoms with Crippen molar-refractivity contribution in [3.63, 3.8) is 0 Å². The summed E-state index contributed by atoms with van der Waals surface area (Å²) in [7, 11) is 0. The van der Waals surface area contributed by atoms with E-state index in [4.69, 9.17) is 0 Å². The van der Waals surface area contributed by atoms with E-state index in [0.717, 1.165) is 39.0 Å². The van der Waals surface area contributed by atoms with Gasteiger partial charge in [0, 0.05) is 32.2 Å². The summed E-state index contributed by atoms with van der Waals surface area (Å²) in [6, 6.07) is 0.422. The fraction of sp³-hybridized carbons (Fsp3) is 0.900. The van der Waals surface area contributed by atoms with Crippen molar-refractivity contribution in [2.24, 2.45) is 0 Å². The van der Waals surface area contributed by atoms with E-state index in [9.17, 15) is 4.79 Å². The van der Waals surface area contributed by atoms with Gasteiger partial charge in [-0.05, 0) is 12.8 Å². The van der Waals surface area contributed by atoms with Crippen LogP contribution in [0, 0.1) is 0 Å². The molecule has 1 heterocycles. The molecule has 1 saturated carbocycles. The van der Waals surface area contributed by atoms with E-state index < -0.39 is 0 Å². The van der Waals surface area contributed by atoms with Gasteiger partial charge >= 0.3 is 6.41 Å². The predicted molar refractivity (Wildman–Crippen MR) is 54.2 cm³/mol. The third-order valence-corrected chi connectivity index (χ3v) is 3.16. The predicted octanol–water partition coefficient (Wildman–Crippen LogP) is 0.118. The van der Waals surface area contributed by atoms with Crippen molar-refractivity contribution in [3.8, 4) is 0 Å². The Hall–Kier alpha value is -0.610. The van der Waals surface area contributed by atoms with E-state index in [-0.39, 0.29) is 0 Å². The van der Waals surface area contributed by atoms with Crippen LogP contribution in [-0.4, -0.2) is 48.6 Å². The molecule has 4 heteroatoms. The molecule has 1 saturated heterocycles. The molecular weight excluding hydrogens is 178 g/mol. The quantitative estimate of drug-likeness (QED) is 0.651. The number of hydrogen-bond donors (Lipinski definition) is 1. The van der Waals surface area contributed by atoms with Crippen LogP contribution in [0.25, 0.3) is 0 Å². The number of carbonyl (C=O) groups excluding carboxylic acids is 1. The molecular formula is C10H18N3O. The lowest BCUT2D eigenvalue weighted by atomic mass is 10.2. The van der Waals surface area contributed by atoms with Gasteiger partial charge in [0.05, 0.1) is 0 Å². The van der Waals surface area contributed by atoms with E-state index in [2.05, 4.69) is 16.7 Å². The Bertz CT molecular complexity index is 186. The molecule has 0 atom stereocenters. The van der Waals surface area contributed by atoms with Crippen molar-refractivity contribution in [1.29, 1.82) is 0 Å². The number of piperazine rings is 1. The smallest absolute Gasteiger partial charge is 0.314 e. The summed E-state index contributed by atoms with van der Waals surface area (Å²) in [5.74, 6) is 0. The van der Waals surface area contributed by atoms with Crippen molar-refractivity contribution in [3.05, 3.63) is 0 Å². The molecule has 1 N–H and O–H groups in total. The second kappa shape index (κ2) is 4.75. The Labute approximate surface area is 85.2 Å². The highest BCUT2D eigenvalue weighted by atomic mass is 16.1. The van der Waals surface area contributed by atoms with E-state index in [1.54, 1.807) is 0 Å². The summed E-state index contributed by atoms with van der Waals surface area (Å²) < 4.78 is 0. The molecule has 1 radical (unpaired) electrons. The molecule has 0 aromatic carbocycles. The molecule has 2 aliphatic rings. The first-order valence-corrected chi connectivity index (χ1v) is 5.54. The molecule has 0 bridgehead atoms. The molecule has 0 aromatic rings. The lowest BCUT2D eigenvalue weighted by molar-refractivity contribution is -0.00277. The van der Waals surface area contributed by atoms with Gasteiger partial charge in [-0.25, -0.2) is 5.01 Å². The van der Waals surface area contributed by atoms with Gasteiger partial charge in [0.15, 0.2) is 0 Å². The summed E-state index contributed by atoms with van der Waals surface area (Å²) in [4.78, 5) is 10.9. The number of hydrazine groups is 1. The zero-order chi connectivity index (χ0) is 9.80. The molecule has 1 aliphatic heterocycles. The van der Waals surface area contributed by atoms with Gasteiger partial charge in [-0.1, -0.05) is 12.8 Å². The average Bonchev–Trinajstić information content (AvgIpc) is 2.74. The largest absolute Gasteiger partial charge is 0.328 e. The Morgan fingerprint density at radius 2 is 1.86 bits per heavy atom. The number of rotatable bonds is 3. The fourth-order valence-corrected chi connectivity index (χ4v) is 2.38. The van der Waals surface area contributed by atoms with Crippen LogP contribution >= 0.6 is 0 Å². The highest BCUT2D eigenvalue weighted by Gasteiger charge is 2.27. The minimum absolute atomic E-state index is 0.422. The number of nitrogens with zero attached hydrogens (tertiary/aromatic N) is 2. The maximum absolute atomic E-state index is 10.9. The summed E-state index contributed by atoms with van der Waals surface area (Å²) in [5, 5.41) is 7.24. The lowest BCUT2D eigenvalue weighted by Crippen LogP contribution is -2.54. The van der Waals surface area contributed by atoms with E-state index in [1.807, 2.05) is 5.01 Å². The van der Waals surface area contributed by atoms with Crippen molar-refractivity contribution < 1.29 is 4.79 Å². The van der Waals surface area contributed by atoms with Crippen molar-refractivity contribution >= 4 is 6.41 Å². The normalized spacial score (nSPS) is 25.1. The highest BCUT2D eigenvalue weighted by molar-refractivity contribution is 5.48. The molecule has 0 aromatic heterocycles. The van der Waals surface area contributed by atoms with Crippen LogP contribution in [0.4, 0.5) is 0 Å². The average molecular weight is 196 g/mol. The second-order valence-corrected chi connectivity index (χ2v) is 4.08. The van der Waals surface area contributed by atoms with Crippen LogP contribution in [0.2, 0.25) is 0 Å². The van der Waals surface area contributed by atoms with Gasteiger partial charge in [-0.15, -0.1) is 0 Å². The van der Waals surface area contributed by atoms with Gasteiger partial charge in [0.2, 0.25) is 0 Å². The Morgan fingerprint density at radius 1 is 1.21 bits per heavy atom. The summed E-state index contributed by atoms with van der Waals surface area (Å²) in [6.07, 6.45) is 6.92.